The highest BCUT2D eigenvalue weighted by molar-refractivity contribution is 5.19. The van der Waals surface area contributed by atoms with Crippen LogP contribution in [0.2, 0.25) is 0 Å². The maximum Gasteiger partial charge on any atom is 0.141 e. The summed E-state index contributed by atoms with van der Waals surface area (Å²) in [5.41, 5.74) is 6.85. The maximum absolute atomic E-state index is 5.53. The summed E-state index contributed by atoms with van der Waals surface area (Å²) < 4.78 is 5.23. The van der Waals surface area contributed by atoms with E-state index >= 15 is 0 Å². The Bertz CT molecular complexity index is 277. The van der Waals surface area contributed by atoms with E-state index in [0.29, 0.717) is 12.5 Å². The Kier molecular flexibility index (Phi) is 3.19. The predicted octanol–water partition coefficient (Wildman–Crippen LogP) is 2.22. The van der Waals surface area contributed by atoms with E-state index in [1.54, 1.807) is 0 Å². The smallest absolute Gasteiger partial charge is 0.141 e. The van der Waals surface area contributed by atoms with E-state index < -0.39 is 0 Å². The van der Waals surface area contributed by atoms with Crippen molar-refractivity contribution in [2.24, 2.45) is 5.73 Å². The number of hydrogen-bond acceptors (Lipinski definition) is 3. The number of nitrogens with zero attached hydrogens (tertiary/aromatic N) is 1. The highest BCUT2D eigenvalue weighted by Gasteiger charge is 2.20. The van der Waals surface area contributed by atoms with Gasteiger partial charge in [-0.25, -0.2) is 0 Å². The second-order valence-corrected chi connectivity index (χ2v) is 4.08. The van der Waals surface area contributed by atoms with Gasteiger partial charge >= 0.3 is 0 Å². The standard InChI is InChI=1S/C11H18N2O/c12-7-6-11-10(8-13-14-11)9-4-2-1-3-5-9/h8-9H,1-7,12H2. The molecule has 3 nitrogen and oxygen atoms in total. The van der Waals surface area contributed by atoms with Gasteiger partial charge in [0.15, 0.2) is 0 Å². The molecule has 0 bridgehead atoms. The molecule has 1 heterocycles. The van der Waals surface area contributed by atoms with Gasteiger partial charge in [-0.1, -0.05) is 24.4 Å². The van der Waals surface area contributed by atoms with Gasteiger partial charge in [0.1, 0.15) is 5.76 Å². The third kappa shape index (κ3) is 1.98. The first kappa shape index (κ1) is 9.71. The lowest BCUT2D eigenvalue weighted by atomic mass is 9.84. The molecule has 0 radical (unpaired) electrons. The van der Waals surface area contributed by atoms with Gasteiger partial charge in [-0.3, -0.25) is 0 Å². The highest BCUT2D eigenvalue weighted by atomic mass is 16.5. The summed E-state index contributed by atoms with van der Waals surface area (Å²) in [5.74, 6) is 1.69. The minimum absolute atomic E-state index is 0.648. The summed E-state index contributed by atoms with van der Waals surface area (Å²) in [6.45, 7) is 0.648. The van der Waals surface area contributed by atoms with E-state index in [9.17, 15) is 0 Å². The summed E-state index contributed by atoms with van der Waals surface area (Å²) in [6, 6.07) is 0. The first-order valence-electron chi connectivity index (χ1n) is 5.55. The summed E-state index contributed by atoms with van der Waals surface area (Å²) >= 11 is 0. The lowest BCUT2D eigenvalue weighted by Gasteiger charge is -2.20. The minimum Gasteiger partial charge on any atom is -0.361 e. The number of hydrogen-bond donors (Lipinski definition) is 1. The van der Waals surface area contributed by atoms with Crippen molar-refractivity contribution < 1.29 is 4.52 Å². The molecule has 78 valence electrons. The molecule has 0 aliphatic heterocycles. The van der Waals surface area contributed by atoms with Crippen LogP contribution in [0.15, 0.2) is 10.7 Å². The fourth-order valence-corrected chi connectivity index (χ4v) is 2.34. The fraction of sp³-hybridized carbons (Fsp3) is 0.727. The zero-order valence-corrected chi connectivity index (χ0v) is 8.54. The molecule has 0 atom stereocenters. The first-order chi connectivity index (χ1) is 6.92. The summed E-state index contributed by atoms with van der Waals surface area (Å²) in [5, 5.41) is 3.89. The Hall–Kier alpha value is -0.830. The Morgan fingerprint density at radius 2 is 2.14 bits per heavy atom. The lowest BCUT2D eigenvalue weighted by molar-refractivity contribution is 0.376. The van der Waals surface area contributed by atoms with Crippen LogP contribution in [-0.4, -0.2) is 11.7 Å². The molecule has 0 aromatic carbocycles. The van der Waals surface area contributed by atoms with Crippen molar-refractivity contribution in [2.45, 2.75) is 44.4 Å². The molecule has 2 rings (SSSR count). The molecule has 0 saturated heterocycles. The molecule has 1 fully saturated rings. The zero-order chi connectivity index (χ0) is 9.80. The van der Waals surface area contributed by atoms with Gasteiger partial charge in [-0.2, -0.15) is 0 Å². The maximum atomic E-state index is 5.53. The van der Waals surface area contributed by atoms with Crippen molar-refractivity contribution in [1.29, 1.82) is 0 Å². The van der Waals surface area contributed by atoms with Crippen LogP contribution in [0.5, 0.6) is 0 Å². The molecule has 0 spiro atoms. The Labute approximate surface area is 84.7 Å². The monoisotopic (exact) mass is 194 g/mol. The average Bonchev–Trinajstić information content (AvgIpc) is 2.68. The van der Waals surface area contributed by atoms with Crippen LogP contribution in [0.3, 0.4) is 0 Å². The molecule has 1 saturated carbocycles. The van der Waals surface area contributed by atoms with E-state index in [1.165, 1.54) is 37.7 Å². The zero-order valence-electron chi connectivity index (χ0n) is 8.54. The van der Waals surface area contributed by atoms with Crippen LogP contribution in [0, 0.1) is 0 Å². The quantitative estimate of drug-likeness (QED) is 0.802. The van der Waals surface area contributed by atoms with Gasteiger partial charge in [0.05, 0.1) is 6.20 Å². The highest BCUT2D eigenvalue weighted by Crippen LogP contribution is 2.34. The van der Waals surface area contributed by atoms with Crippen LogP contribution < -0.4 is 5.73 Å². The van der Waals surface area contributed by atoms with Gasteiger partial charge in [0.2, 0.25) is 0 Å². The van der Waals surface area contributed by atoms with Crippen molar-refractivity contribution in [2.75, 3.05) is 6.54 Å². The first-order valence-corrected chi connectivity index (χ1v) is 5.55. The van der Waals surface area contributed by atoms with Crippen LogP contribution in [0.4, 0.5) is 0 Å². The van der Waals surface area contributed by atoms with Crippen LogP contribution in [0.25, 0.3) is 0 Å². The van der Waals surface area contributed by atoms with Crippen molar-refractivity contribution >= 4 is 0 Å². The third-order valence-electron chi connectivity index (χ3n) is 3.09. The largest absolute Gasteiger partial charge is 0.361 e. The number of rotatable bonds is 3. The molecular formula is C11H18N2O. The van der Waals surface area contributed by atoms with E-state index in [-0.39, 0.29) is 0 Å². The second-order valence-electron chi connectivity index (χ2n) is 4.08. The average molecular weight is 194 g/mol. The van der Waals surface area contributed by atoms with Crippen molar-refractivity contribution in [1.82, 2.24) is 5.16 Å². The molecule has 0 unspecified atom stereocenters. The Morgan fingerprint density at radius 1 is 1.36 bits per heavy atom. The molecule has 1 aromatic rings. The van der Waals surface area contributed by atoms with Crippen molar-refractivity contribution in [3.63, 3.8) is 0 Å². The van der Waals surface area contributed by atoms with E-state index in [0.717, 1.165) is 12.2 Å². The molecule has 1 aromatic heterocycles. The van der Waals surface area contributed by atoms with Gasteiger partial charge in [0.25, 0.3) is 0 Å². The fourth-order valence-electron chi connectivity index (χ4n) is 2.34. The minimum atomic E-state index is 0.648. The molecule has 2 N–H and O–H groups in total. The molecule has 1 aliphatic carbocycles. The van der Waals surface area contributed by atoms with E-state index in [4.69, 9.17) is 10.3 Å². The van der Waals surface area contributed by atoms with Gasteiger partial charge < -0.3 is 10.3 Å². The topological polar surface area (TPSA) is 52.0 Å². The molecule has 1 aliphatic rings. The van der Waals surface area contributed by atoms with Gasteiger partial charge in [-0.05, 0) is 25.3 Å². The van der Waals surface area contributed by atoms with Crippen LogP contribution >= 0.6 is 0 Å². The van der Waals surface area contributed by atoms with Crippen LogP contribution in [-0.2, 0) is 6.42 Å². The number of nitrogens with two attached hydrogens (primary N) is 1. The molecule has 0 amide bonds. The van der Waals surface area contributed by atoms with Crippen LogP contribution in [0.1, 0.15) is 49.3 Å². The van der Waals surface area contributed by atoms with Crippen molar-refractivity contribution in [3.05, 3.63) is 17.5 Å². The number of aromatic nitrogens is 1. The normalized spacial score (nSPS) is 18.6. The third-order valence-corrected chi connectivity index (χ3v) is 3.09. The molecule has 14 heavy (non-hydrogen) atoms. The molecule has 3 heteroatoms. The Balaban J connectivity index is 2.09. The van der Waals surface area contributed by atoms with Crippen molar-refractivity contribution in [3.8, 4) is 0 Å². The molecular weight excluding hydrogens is 176 g/mol. The van der Waals surface area contributed by atoms with E-state index in [2.05, 4.69) is 5.16 Å². The summed E-state index contributed by atoms with van der Waals surface area (Å²) in [6.07, 6.45) is 9.37. The summed E-state index contributed by atoms with van der Waals surface area (Å²) in [7, 11) is 0. The van der Waals surface area contributed by atoms with E-state index in [1.807, 2.05) is 6.20 Å². The SMILES string of the molecule is NCCc1oncc1C1CCCCC1. The lowest BCUT2D eigenvalue weighted by Crippen LogP contribution is -2.08. The summed E-state index contributed by atoms with van der Waals surface area (Å²) in [4.78, 5) is 0. The predicted molar refractivity (Wildman–Crippen MR) is 55.1 cm³/mol. The van der Waals surface area contributed by atoms with Gasteiger partial charge in [-0.15, -0.1) is 0 Å². The Morgan fingerprint density at radius 3 is 2.86 bits per heavy atom. The second kappa shape index (κ2) is 4.60. The van der Waals surface area contributed by atoms with Gasteiger partial charge in [0, 0.05) is 12.0 Å².